The first-order chi connectivity index (χ1) is 15.6. The van der Waals surface area contributed by atoms with Gasteiger partial charge >= 0.3 is 0 Å². The number of nitrogens with zero attached hydrogens (tertiary/aromatic N) is 1. The van der Waals surface area contributed by atoms with Crippen molar-refractivity contribution >= 4 is 0 Å². The molecule has 2 aliphatic heterocycles. The molecule has 186 valence electrons. The summed E-state index contributed by atoms with van der Waals surface area (Å²) in [7, 11) is 0. The second-order valence-corrected chi connectivity index (χ2v) is 14.2. The Morgan fingerprint density at radius 3 is 2.21 bits per heavy atom. The molecule has 1 aromatic carbocycles. The highest BCUT2D eigenvalue weighted by Crippen LogP contribution is 2.47. The van der Waals surface area contributed by atoms with Gasteiger partial charge in [-0.3, -0.25) is 0 Å². The van der Waals surface area contributed by atoms with Crippen LogP contribution in [0.25, 0.3) is 0 Å². The van der Waals surface area contributed by atoms with Gasteiger partial charge in [0.1, 0.15) is 0 Å². The Morgan fingerprint density at radius 2 is 1.56 bits per heavy atom. The number of ether oxygens (including phenoxy) is 1. The molecule has 2 aromatic rings. The minimum atomic E-state index is 0.0546. The molecule has 3 heterocycles. The van der Waals surface area contributed by atoms with Crippen molar-refractivity contribution in [2.24, 2.45) is 10.8 Å². The van der Waals surface area contributed by atoms with E-state index in [1.807, 2.05) is 0 Å². The molecular weight excluding hydrogens is 416 g/mol. The van der Waals surface area contributed by atoms with E-state index < -0.39 is 0 Å². The van der Waals surface area contributed by atoms with Gasteiger partial charge in [-0.05, 0) is 62.8 Å². The largest absolute Gasteiger partial charge is 0.477 e. The van der Waals surface area contributed by atoms with E-state index in [4.69, 9.17) is 9.72 Å². The maximum Gasteiger partial charge on any atom is 0.216 e. The van der Waals surface area contributed by atoms with Gasteiger partial charge in [0, 0.05) is 30.3 Å². The molecule has 0 aliphatic carbocycles. The fraction of sp³-hybridized carbons (Fsp3) is 0.645. The smallest absolute Gasteiger partial charge is 0.216 e. The van der Waals surface area contributed by atoms with Gasteiger partial charge in [-0.15, -0.1) is 0 Å². The molecule has 0 fully saturated rings. The van der Waals surface area contributed by atoms with E-state index in [0.29, 0.717) is 12.0 Å². The summed E-state index contributed by atoms with van der Waals surface area (Å²) >= 11 is 0. The average molecular weight is 463 g/mol. The van der Waals surface area contributed by atoms with Crippen LogP contribution in [0.15, 0.2) is 30.5 Å². The number of fused-ring (bicyclic) bond motifs is 2. The lowest BCUT2D eigenvalue weighted by Gasteiger charge is -2.37. The standard InChI is InChI=1S/C31H46N2O/c1-28(2,3)21-12-11-20-17-32-26(23(20)15-21)31(9,10)14-13-30(7,8)22-16-24-25(29(4,5)6)19-34-27(24)33-18-22/h11-12,15-16,18,25-26,32H,13-14,17,19H2,1-10H3. The molecule has 2 atom stereocenters. The zero-order valence-electron chi connectivity index (χ0n) is 23.2. The Kier molecular flexibility index (Phi) is 6.21. The summed E-state index contributed by atoms with van der Waals surface area (Å²) in [4.78, 5) is 4.74. The number of hydrogen-bond donors (Lipinski definition) is 1. The van der Waals surface area contributed by atoms with Crippen LogP contribution in [0.4, 0.5) is 0 Å². The molecule has 0 radical (unpaired) electrons. The zero-order chi connectivity index (χ0) is 25.1. The van der Waals surface area contributed by atoms with Crippen molar-refractivity contribution in [1.29, 1.82) is 0 Å². The Morgan fingerprint density at radius 1 is 0.882 bits per heavy atom. The summed E-state index contributed by atoms with van der Waals surface area (Å²) in [5, 5.41) is 3.84. The molecule has 0 spiro atoms. The Labute approximate surface area is 208 Å². The highest BCUT2D eigenvalue weighted by atomic mass is 16.5. The molecule has 3 nitrogen and oxygen atoms in total. The third-order valence-electron chi connectivity index (χ3n) is 8.46. The fourth-order valence-electron chi connectivity index (χ4n) is 5.61. The SMILES string of the molecule is CC(C)(C)c1ccc2c(c1)C(C(C)(C)CCC(C)(C)c1cnc3c(c1)C(C(C)(C)C)CO3)NC2. The van der Waals surface area contributed by atoms with Gasteiger partial charge in [0.2, 0.25) is 5.88 Å². The molecule has 2 unspecified atom stereocenters. The van der Waals surface area contributed by atoms with Gasteiger partial charge in [-0.2, -0.15) is 0 Å². The van der Waals surface area contributed by atoms with Crippen LogP contribution in [0.5, 0.6) is 5.88 Å². The molecule has 2 aliphatic rings. The lowest BCUT2D eigenvalue weighted by atomic mass is 9.70. The van der Waals surface area contributed by atoms with E-state index >= 15 is 0 Å². The van der Waals surface area contributed by atoms with Crippen molar-refractivity contribution in [1.82, 2.24) is 10.3 Å². The summed E-state index contributed by atoms with van der Waals surface area (Å²) < 4.78 is 5.93. The second kappa shape index (κ2) is 8.36. The van der Waals surface area contributed by atoms with Gasteiger partial charge < -0.3 is 10.1 Å². The van der Waals surface area contributed by atoms with E-state index in [9.17, 15) is 0 Å². The molecule has 3 heteroatoms. The van der Waals surface area contributed by atoms with Gasteiger partial charge in [0.15, 0.2) is 0 Å². The van der Waals surface area contributed by atoms with E-state index in [1.54, 1.807) is 0 Å². The summed E-state index contributed by atoms with van der Waals surface area (Å²) in [5.74, 6) is 1.24. The topological polar surface area (TPSA) is 34.1 Å². The third-order valence-corrected chi connectivity index (χ3v) is 8.46. The van der Waals surface area contributed by atoms with Crippen LogP contribution in [-0.4, -0.2) is 11.6 Å². The normalized spacial score (nSPS) is 20.8. The minimum absolute atomic E-state index is 0.0546. The van der Waals surface area contributed by atoms with Crippen molar-refractivity contribution in [3.63, 3.8) is 0 Å². The Hall–Kier alpha value is -1.87. The van der Waals surface area contributed by atoms with Gasteiger partial charge in [0.05, 0.1) is 6.61 Å². The molecule has 0 saturated heterocycles. The number of pyridine rings is 1. The van der Waals surface area contributed by atoms with Crippen molar-refractivity contribution in [3.8, 4) is 5.88 Å². The first kappa shape index (κ1) is 25.2. The number of hydrogen-bond acceptors (Lipinski definition) is 3. The van der Waals surface area contributed by atoms with Crippen LogP contribution in [0, 0.1) is 10.8 Å². The summed E-state index contributed by atoms with van der Waals surface area (Å²) in [6.45, 7) is 25.2. The first-order valence-corrected chi connectivity index (χ1v) is 13.1. The minimum Gasteiger partial charge on any atom is -0.477 e. The quantitative estimate of drug-likeness (QED) is 0.491. The zero-order valence-corrected chi connectivity index (χ0v) is 23.2. The number of rotatable bonds is 5. The average Bonchev–Trinajstić information content (AvgIpc) is 3.35. The number of aromatic nitrogens is 1. The molecular formula is C31H46N2O. The summed E-state index contributed by atoms with van der Waals surface area (Å²) in [5.41, 5.74) is 7.56. The predicted octanol–water partition coefficient (Wildman–Crippen LogP) is 7.83. The number of benzene rings is 1. The molecule has 1 aromatic heterocycles. The molecule has 1 N–H and O–H groups in total. The lowest BCUT2D eigenvalue weighted by molar-refractivity contribution is 0.211. The van der Waals surface area contributed by atoms with Crippen molar-refractivity contribution in [2.45, 2.75) is 111 Å². The summed E-state index contributed by atoms with van der Waals surface area (Å²) in [6, 6.07) is 9.89. The maximum absolute atomic E-state index is 5.93. The van der Waals surface area contributed by atoms with Crippen molar-refractivity contribution in [3.05, 3.63) is 58.3 Å². The van der Waals surface area contributed by atoms with Gasteiger partial charge in [-0.25, -0.2) is 4.98 Å². The third kappa shape index (κ3) is 4.78. The van der Waals surface area contributed by atoms with Crippen molar-refractivity contribution in [2.75, 3.05) is 6.61 Å². The van der Waals surface area contributed by atoms with Crippen LogP contribution in [0.1, 0.15) is 122 Å². The van der Waals surface area contributed by atoms with Crippen molar-refractivity contribution < 1.29 is 4.74 Å². The van der Waals surface area contributed by atoms with E-state index in [0.717, 1.165) is 31.9 Å². The highest BCUT2D eigenvalue weighted by molar-refractivity contribution is 5.42. The molecule has 34 heavy (non-hydrogen) atoms. The fourth-order valence-corrected chi connectivity index (χ4v) is 5.61. The van der Waals surface area contributed by atoms with Crippen LogP contribution in [-0.2, 0) is 17.4 Å². The summed E-state index contributed by atoms with van der Waals surface area (Å²) in [6.07, 6.45) is 4.32. The molecule has 0 amide bonds. The van der Waals surface area contributed by atoms with E-state index in [2.05, 4.69) is 105 Å². The first-order valence-electron chi connectivity index (χ1n) is 13.1. The molecule has 4 rings (SSSR count). The monoisotopic (exact) mass is 462 g/mol. The lowest BCUT2D eigenvalue weighted by Crippen LogP contribution is -2.32. The van der Waals surface area contributed by atoms with E-state index in [1.165, 1.54) is 27.8 Å². The molecule has 0 saturated carbocycles. The maximum atomic E-state index is 5.93. The van der Waals surface area contributed by atoms with Crippen LogP contribution < -0.4 is 10.1 Å². The van der Waals surface area contributed by atoms with Gasteiger partial charge in [-0.1, -0.05) is 87.4 Å². The van der Waals surface area contributed by atoms with Crippen LogP contribution >= 0.6 is 0 Å². The Balaban J connectivity index is 1.53. The van der Waals surface area contributed by atoms with Crippen LogP contribution in [0.2, 0.25) is 0 Å². The predicted molar refractivity (Wildman–Crippen MR) is 143 cm³/mol. The van der Waals surface area contributed by atoms with Gasteiger partial charge in [0.25, 0.3) is 0 Å². The van der Waals surface area contributed by atoms with E-state index in [-0.39, 0.29) is 21.7 Å². The van der Waals surface area contributed by atoms with Crippen LogP contribution in [0.3, 0.4) is 0 Å². The second-order valence-electron chi connectivity index (χ2n) is 14.2. The Bertz CT molecular complexity index is 1050. The highest BCUT2D eigenvalue weighted by Gasteiger charge is 2.39. The molecule has 0 bridgehead atoms. The number of nitrogens with one attached hydrogen (secondary N) is 1.